The van der Waals surface area contributed by atoms with Crippen LogP contribution in [0.25, 0.3) is 11.6 Å². The molecule has 30 heavy (non-hydrogen) atoms. The molecule has 0 unspecified atom stereocenters. The molecule has 0 fully saturated rings. The number of benzene rings is 1. The fourth-order valence-corrected chi connectivity index (χ4v) is 3.89. The summed E-state index contributed by atoms with van der Waals surface area (Å²) in [6.07, 6.45) is 2.54. The first-order valence-electron chi connectivity index (χ1n) is 10.2. The Morgan fingerprint density at radius 1 is 1.30 bits per heavy atom. The number of hydrogen-bond donors (Lipinski definition) is 2. The lowest BCUT2D eigenvalue weighted by molar-refractivity contribution is -0.113. The Bertz CT molecular complexity index is 1010. The highest BCUT2D eigenvalue weighted by atomic mass is 19.1. The Labute approximate surface area is 176 Å². The minimum atomic E-state index is -0.384. The van der Waals surface area contributed by atoms with Gasteiger partial charge in [0, 0.05) is 30.0 Å². The third-order valence-electron chi connectivity index (χ3n) is 5.33. The molecule has 6 nitrogen and oxygen atoms in total. The van der Waals surface area contributed by atoms with Gasteiger partial charge in [-0.15, -0.1) is 0 Å². The number of H-pyrrole nitrogens is 1. The van der Waals surface area contributed by atoms with Gasteiger partial charge in [0.2, 0.25) is 0 Å². The molecular formula is C23H29FN4O2. The van der Waals surface area contributed by atoms with E-state index in [1.165, 1.54) is 12.1 Å². The number of anilines is 1. The molecule has 7 heteroatoms. The Morgan fingerprint density at radius 3 is 2.70 bits per heavy atom. The summed E-state index contributed by atoms with van der Waals surface area (Å²) < 4.78 is 14.0. The van der Waals surface area contributed by atoms with Crippen LogP contribution in [-0.2, 0) is 4.79 Å². The van der Waals surface area contributed by atoms with Crippen molar-refractivity contribution in [1.82, 2.24) is 15.2 Å². The molecule has 1 aromatic heterocycles. The first kappa shape index (κ1) is 21.8. The summed E-state index contributed by atoms with van der Waals surface area (Å²) in [6, 6.07) is 4.44. The number of amides is 2. The third-order valence-corrected chi connectivity index (χ3v) is 5.33. The van der Waals surface area contributed by atoms with E-state index >= 15 is 0 Å². The standard InChI is InChI=1S/C23H29FN4O2/c1-6-25-22(29)21-14(2)19(26-15(21)3)13-18-17-12-16(24)8-9-20(17)28(23(18)30)11-7-10-27(4)5/h8-9,12-13,26H,6-7,10-11H2,1-5H3,(H,25,29). The van der Waals surface area contributed by atoms with Crippen molar-refractivity contribution in [3.05, 3.63) is 52.1 Å². The fourth-order valence-electron chi connectivity index (χ4n) is 3.89. The second-order valence-corrected chi connectivity index (χ2v) is 7.86. The zero-order valence-corrected chi connectivity index (χ0v) is 18.2. The van der Waals surface area contributed by atoms with Gasteiger partial charge in [-0.05, 0) is 77.7 Å². The number of aryl methyl sites for hydroxylation is 1. The molecule has 0 atom stereocenters. The Hall–Kier alpha value is -2.93. The van der Waals surface area contributed by atoms with Crippen molar-refractivity contribution in [2.24, 2.45) is 0 Å². The summed E-state index contributed by atoms with van der Waals surface area (Å²) in [7, 11) is 3.98. The summed E-state index contributed by atoms with van der Waals surface area (Å²) in [6.45, 7) is 7.49. The lowest BCUT2D eigenvalue weighted by Crippen LogP contribution is -2.29. The molecular weight excluding hydrogens is 383 g/mol. The molecule has 2 amide bonds. The average molecular weight is 413 g/mol. The number of nitrogens with one attached hydrogen (secondary N) is 2. The third kappa shape index (κ3) is 4.16. The van der Waals surface area contributed by atoms with Gasteiger partial charge in [0.05, 0.1) is 16.8 Å². The van der Waals surface area contributed by atoms with E-state index in [2.05, 4.69) is 15.2 Å². The number of aromatic nitrogens is 1. The maximum Gasteiger partial charge on any atom is 0.259 e. The molecule has 2 heterocycles. The summed E-state index contributed by atoms with van der Waals surface area (Å²) in [5.74, 6) is -0.687. The van der Waals surface area contributed by atoms with Gasteiger partial charge in [-0.3, -0.25) is 9.59 Å². The normalized spacial score (nSPS) is 14.7. The number of rotatable bonds is 7. The van der Waals surface area contributed by atoms with Crippen LogP contribution in [0.5, 0.6) is 0 Å². The summed E-state index contributed by atoms with van der Waals surface area (Å²) in [5, 5.41) is 2.81. The van der Waals surface area contributed by atoms with Crippen molar-refractivity contribution in [2.75, 3.05) is 38.6 Å². The van der Waals surface area contributed by atoms with E-state index in [1.54, 1.807) is 17.0 Å². The lowest BCUT2D eigenvalue weighted by Gasteiger charge is -2.18. The molecule has 1 aromatic carbocycles. The zero-order chi connectivity index (χ0) is 22.0. The van der Waals surface area contributed by atoms with Crippen LogP contribution in [0.4, 0.5) is 10.1 Å². The van der Waals surface area contributed by atoms with Crippen molar-refractivity contribution in [2.45, 2.75) is 27.2 Å². The Kier molecular flexibility index (Phi) is 6.41. The summed E-state index contributed by atoms with van der Waals surface area (Å²) in [4.78, 5) is 32.6. The molecule has 0 saturated carbocycles. The second-order valence-electron chi connectivity index (χ2n) is 7.86. The van der Waals surface area contributed by atoms with Gasteiger partial charge < -0.3 is 20.1 Å². The van der Waals surface area contributed by atoms with E-state index in [1.807, 2.05) is 34.9 Å². The summed E-state index contributed by atoms with van der Waals surface area (Å²) in [5.41, 5.74) is 4.49. The fraction of sp³-hybridized carbons (Fsp3) is 0.391. The first-order valence-corrected chi connectivity index (χ1v) is 10.2. The highest BCUT2D eigenvalue weighted by Gasteiger charge is 2.33. The van der Waals surface area contributed by atoms with E-state index in [4.69, 9.17) is 0 Å². The van der Waals surface area contributed by atoms with Crippen LogP contribution in [0.2, 0.25) is 0 Å². The molecule has 0 bridgehead atoms. The smallest absolute Gasteiger partial charge is 0.259 e. The first-order chi connectivity index (χ1) is 14.2. The van der Waals surface area contributed by atoms with E-state index in [9.17, 15) is 14.0 Å². The number of aromatic amines is 1. The van der Waals surface area contributed by atoms with Gasteiger partial charge in [-0.1, -0.05) is 0 Å². The van der Waals surface area contributed by atoms with Gasteiger partial charge in [0.15, 0.2) is 0 Å². The molecule has 0 radical (unpaired) electrons. The molecule has 0 aliphatic carbocycles. The maximum absolute atomic E-state index is 14.0. The van der Waals surface area contributed by atoms with Crippen molar-refractivity contribution in [1.29, 1.82) is 0 Å². The van der Waals surface area contributed by atoms with Gasteiger partial charge in [-0.2, -0.15) is 0 Å². The monoisotopic (exact) mass is 412 g/mol. The van der Waals surface area contributed by atoms with Gasteiger partial charge >= 0.3 is 0 Å². The minimum Gasteiger partial charge on any atom is -0.358 e. The van der Waals surface area contributed by atoms with Crippen LogP contribution in [0.15, 0.2) is 18.2 Å². The van der Waals surface area contributed by atoms with Crippen LogP contribution in [-0.4, -0.2) is 55.4 Å². The quantitative estimate of drug-likeness (QED) is 0.686. The SMILES string of the molecule is CCNC(=O)c1c(C)[nH]c(C=C2C(=O)N(CCCN(C)C)c3ccc(F)cc32)c1C. The van der Waals surface area contributed by atoms with E-state index in [0.717, 1.165) is 29.9 Å². The predicted octanol–water partition coefficient (Wildman–Crippen LogP) is 3.36. The Balaban J connectivity index is 2.01. The lowest BCUT2D eigenvalue weighted by atomic mass is 10.0. The molecule has 160 valence electrons. The van der Waals surface area contributed by atoms with E-state index in [-0.39, 0.29) is 17.6 Å². The van der Waals surface area contributed by atoms with Gasteiger partial charge in [-0.25, -0.2) is 4.39 Å². The molecule has 2 N–H and O–H groups in total. The number of hydrogen-bond acceptors (Lipinski definition) is 3. The highest BCUT2D eigenvalue weighted by molar-refractivity contribution is 6.35. The van der Waals surface area contributed by atoms with Crippen molar-refractivity contribution >= 4 is 29.2 Å². The molecule has 1 aliphatic heterocycles. The van der Waals surface area contributed by atoms with Crippen molar-refractivity contribution in [3.63, 3.8) is 0 Å². The maximum atomic E-state index is 14.0. The number of fused-ring (bicyclic) bond motifs is 1. The van der Waals surface area contributed by atoms with Crippen molar-refractivity contribution < 1.29 is 14.0 Å². The van der Waals surface area contributed by atoms with Crippen LogP contribution < -0.4 is 10.2 Å². The minimum absolute atomic E-state index is 0.150. The van der Waals surface area contributed by atoms with Crippen molar-refractivity contribution in [3.8, 4) is 0 Å². The van der Waals surface area contributed by atoms with E-state index in [0.29, 0.717) is 35.5 Å². The largest absolute Gasteiger partial charge is 0.358 e. The number of halogens is 1. The van der Waals surface area contributed by atoms with E-state index < -0.39 is 0 Å². The van der Waals surface area contributed by atoms with Crippen LogP contribution in [0, 0.1) is 19.7 Å². The number of carbonyl (C=O) groups excluding carboxylic acids is 2. The molecule has 3 rings (SSSR count). The zero-order valence-electron chi connectivity index (χ0n) is 18.2. The molecule has 2 aromatic rings. The second kappa shape index (κ2) is 8.83. The van der Waals surface area contributed by atoms with Gasteiger partial charge in [0.25, 0.3) is 11.8 Å². The van der Waals surface area contributed by atoms with Gasteiger partial charge in [0.1, 0.15) is 5.82 Å². The number of carbonyl (C=O) groups is 2. The molecule has 0 saturated heterocycles. The molecule has 1 aliphatic rings. The van der Waals surface area contributed by atoms with Crippen LogP contribution >= 0.6 is 0 Å². The molecule has 0 spiro atoms. The average Bonchev–Trinajstić information content (AvgIpc) is 3.09. The van der Waals surface area contributed by atoms with Crippen LogP contribution in [0.3, 0.4) is 0 Å². The number of nitrogens with zero attached hydrogens (tertiary/aromatic N) is 2. The predicted molar refractivity (Wildman–Crippen MR) is 118 cm³/mol. The topological polar surface area (TPSA) is 68.4 Å². The van der Waals surface area contributed by atoms with Crippen LogP contribution in [0.1, 0.15) is 46.2 Å². The highest BCUT2D eigenvalue weighted by Crippen LogP contribution is 2.38. The Morgan fingerprint density at radius 2 is 2.03 bits per heavy atom. The summed E-state index contributed by atoms with van der Waals surface area (Å²) >= 11 is 0.